The maximum absolute atomic E-state index is 13.5. The third-order valence-corrected chi connectivity index (χ3v) is 3.45. The lowest BCUT2D eigenvalue weighted by molar-refractivity contribution is -0.120. The van der Waals surface area contributed by atoms with Crippen LogP contribution in [0.5, 0.6) is 0 Å². The number of halogens is 1. The summed E-state index contributed by atoms with van der Waals surface area (Å²) in [6.07, 6.45) is 5.38. The fourth-order valence-electron chi connectivity index (χ4n) is 2.33. The molecule has 1 aromatic carbocycles. The number of nitrogens with zero attached hydrogens (tertiary/aromatic N) is 3. The zero-order chi connectivity index (χ0) is 16.2. The molecule has 118 valence electrons. The van der Waals surface area contributed by atoms with Crippen molar-refractivity contribution in [3.05, 3.63) is 48.7 Å². The Morgan fingerprint density at radius 3 is 3.04 bits per heavy atom. The summed E-state index contributed by atoms with van der Waals surface area (Å²) < 4.78 is 15.4. The van der Waals surface area contributed by atoms with Crippen LogP contribution in [0.4, 0.5) is 10.2 Å². The average Bonchev–Trinajstić information content (AvgIpc) is 2.93. The lowest BCUT2D eigenvalue weighted by atomic mass is 10.1. The fourth-order valence-corrected chi connectivity index (χ4v) is 2.33. The van der Waals surface area contributed by atoms with Gasteiger partial charge in [0.2, 0.25) is 5.91 Å². The van der Waals surface area contributed by atoms with Crippen molar-refractivity contribution in [2.45, 2.75) is 6.42 Å². The number of benzene rings is 1. The van der Waals surface area contributed by atoms with Gasteiger partial charge in [-0.05, 0) is 12.1 Å². The van der Waals surface area contributed by atoms with Crippen LogP contribution in [0.2, 0.25) is 0 Å². The van der Waals surface area contributed by atoms with Crippen molar-refractivity contribution < 1.29 is 9.18 Å². The Morgan fingerprint density at radius 2 is 2.26 bits per heavy atom. The Morgan fingerprint density at radius 1 is 1.39 bits per heavy atom. The summed E-state index contributed by atoms with van der Waals surface area (Å²) in [4.78, 5) is 19.9. The lowest BCUT2D eigenvalue weighted by Crippen LogP contribution is -2.21. The normalized spacial score (nSPS) is 10.7. The maximum atomic E-state index is 13.5. The zero-order valence-corrected chi connectivity index (χ0v) is 12.6. The second-order valence-electron chi connectivity index (χ2n) is 4.97. The van der Waals surface area contributed by atoms with E-state index < -0.39 is 0 Å². The summed E-state index contributed by atoms with van der Waals surface area (Å²) in [6, 6.07) is 6.25. The predicted molar refractivity (Wildman–Crippen MR) is 85.6 cm³/mol. The number of imidazole rings is 1. The van der Waals surface area contributed by atoms with Gasteiger partial charge in [0, 0.05) is 38.0 Å². The number of fused-ring (bicyclic) bond motifs is 1. The summed E-state index contributed by atoms with van der Waals surface area (Å²) in [5.74, 6) is 0.325. The van der Waals surface area contributed by atoms with Crippen LogP contribution in [-0.4, -0.2) is 33.9 Å². The van der Waals surface area contributed by atoms with Crippen molar-refractivity contribution in [2.24, 2.45) is 0 Å². The number of rotatable bonds is 5. The molecule has 0 bridgehead atoms. The first-order valence-electron chi connectivity index (χ1n) is 7.21. The largest absolute Gasteiger partial charge is 0.369 e. The molecule has 0 saturated heterocycles. The van der Waals surface area contributed by atoms with E-state index in [1.165, 1.54) is 12.1 Å². The Hall–Kier alpha value is -2.96. The Balaban J connectivity index is 1.99. The molecule has 0 saturated carbocycles. The monoisotopic (exact) mass is 313 g/mol. The summed E-state index contributed by atoms with van der Waals surface area (Å²) in [7, 11) is 1.60. The van der Waals surface area contributed by atoms with Crippen LogP contribution in [0.3, 0.4) is 0 Å². The maximum Gasteiger partial charge on any atom is 0.221 e. The molecule has 0 unspecified atom stereocenters. The second kappa shape index (κ2) is 6.43. The minimum atomic E-state index is -0.325. The van der Waals surface area contributed by atoms with Gasteiger partial charge in [-0.1, -0.05) is 12.1 Å². The van der Waals surface area contributed by atoms with Gasteiger partial charge in [-0.2, -0.15) is 0 Å². The van der Waals surface area contributed by atoms with E-state index >= 15 is 0 Å². The number of nitrogens with one attached hydrogen (secondary N) is 2. The van der Waals surface area contributed by atoms with Crippen molar-refractivity contribution in [3.63, 3.8) is 0 Å². The first kappa shape index (κ1) is 15.0. The van der Waals surface area contributed by atoms with E-state index in [0.717, 1.165) is 0 Å². The first-order valence-corrected chi connectivity index (χ1v) is 7.21. The molecule has 2 heterocycles. The summed E-state index contributed by atoms with van der Waals surface area (Å²) >= 11 is 0. The molecule has 7 heteroatoms. The van der Waals surface area contributed by atoms with Gasteiger partial charge in [-0.3, -0.25) is 14.2 Å². The molecule has 2 aromatic heterocycles. The molecule has 0 aliphatic carbocycles. The van der Waals surface area contributed by atoms with E-state index in [-0.39, 0.29) is 11.7 Å². The molecule has 2 N–H and O–H groups in total. The van der Waals surface area contributed by atoms with Gasteiger partial charge >= 0.3 is 0 Å². The van der Waals surface area contributed by atoms with Gasteiger partial charge in [0.05, 0.1) is 6.20 Å². The van der Waals surface area contributed by atoms with Gasteiger partial charge in [0.25, 0.3) is 0 Å². The van der Waals surface area contributed by atoms with E-state index in [1.807, 2.05) is 4.40 Å². The molecule has 6 nitrogen and oxygen atoms in total. The molecule has 23 heavy (non-hydrogen) atoms. The topological polar surface area (TPSA) is 71.3 Å². The summed E-state index contributed by atoms with van der Waals surface area (Å²) in [5, 5.41) is 5.78. The number of carbonyl (C=O) groups is 1. The molecule has 0 aliphatic heterocycles. The van der Waals surface area contributed by atoms with Crippen molar-refractivity contribution in [2.75, 3.05) is 18.9 Å². The van der Waals surface area contributed by atoms with Crippen molar-refractivity contribution in [1.29, 1.82) is 0 Å². The molecule has 0 fully saturated rings. The number of carbonyl (C=O) groups excluding carboxylic acids is 1. The Labute approximate surface area is 132 Å². The predicted octanol–water partition coefficient (Wildman–Crippen LogP) is 2.08. The number of anilines is 1. The zero-order valence-electron chi connectivity index (χ0n) is 12.6. The molecule has 0 atom stereocenters. The molecule has 0 aliphatic rings. The third kappa shape index (κ3) is 3.13. The number of hydrogen-bond acceptors (Lipinski definition) is 4. The van der Waals surface area contributed by atoms with Gasteiger partial charge in [-0.15, -0.1) is 0 Å². The summed E-state index contributed by atoms with van der Waals surface area (Å²) in [5.41, 5.74) is 1.93. The van der Waals surface area contributed by atoms with E-state index in [9.17, 15) is 9.18 Å². The molecule has 0 spiro atoms. The number of hydrogen-bond donors (Lipinski definition) is 2. The molecular formula is C16H16FN5O. The smallest absolute Gasteiger partial charge is 0.221 e. The first-order chi connectivity index (χ1) is 11.2. The van der Waals surface area contributed by atoms with E-state index in [1.54, 1.807) is 37.8 Å². The van der Waals surface area contributed by atoms with Crippen LogP contribution in [-0.2, 0) is 4.79 Å². The van der Waals surface area contributed by atoms with Crippen LogP contribution >= 0.6 is 0 Å². The molecule has 0 radical (unpaired) electrons. The SMILES string of the molecule is CNC(=O)CCNc1c(-c2cccc(F)c2)nc2cnccn12. The highest BCUT2D eigenvalue weighted by Gasteiger charge is 2.14. The highest BCUT2D eigenvalue weighted by Crippen LogP contribution is 2.28. The molecule has 3 rings (SSSR count). The van der Waals surface area contributed by atoms with E-state index in [0.29, 0.717) is 35.7 Å². The Bertz CT molecular complexity index is 845. The van der Waals surface area contributed by atoms with E-state index in [2.05, 4.69) is 20.6 Å². The second-order valence-corrected chi connectivity index (χ2v) is 4.97. The number of aromatic nitrogens is 3. The fraction of sp³-hybridized carbons (Fsp3) is 0.188. The lowest BCUT2D eigenvalue weighted by Gasteiger charge is -2.08. The quantitative estimate of drug-likeness (QED) is 0.756. The van der Waals surface area contributed by atoms with Crippen LogP contribution in [0, 0.1) is 5.82 Å². The molecule has 1 amide bonds. The van der Waals surface area contributed by atoms with Gasteiger partial charge in [0.15, 0.2) is 5.65 Å². The summed E-state index contributed by atoms with van der Waals surface area (Å²) in [6.45, 7) is 0.443. The van der Waals surface area contributed by atoms with Crippen molar-refractivity contribution in [1.82, 2.24) is 19.7 Å². The molecular weight excluding hydrogens is 297 g/mol. The Kier molecular flexibility index (Phi) is 4.18. The van der Waals surface area contributed by atoms with Crippen LogP contribution in [0.15, 0.2) is 42.9 Å². The highest BCUT2D eigenvalue weighted by atomic mass is 19.1. The van der Waals surface area contributed by atoms with E-state index in [4.69, 9.17) is 0 Å². The number of amides is 1. The molecule has 3 aromatic rings. The average molecular weight is 313 g/mol. The standard InChI is InChI=1S/C16H16FN5O/c1-18-14(23)5-6-20-16-15(11-3-2-4-12(17)9-11)21-13-10-19-7-8-22(13)16/h2-4,7-10,20H,5-6H2,1H3,(H,18,23). The van der Waals surface area contributed by atoms with Gasteiger partial charge in [0.1, 0.15) is 17.3 Å². The third-order valence-electron chi connectivity index (χ3n) is 3.45. The van der Waals surface area contributed by atoms with Crippen molar-refractivity contribution >= 4 is 17.4 Å². The van der Waals surface area contributed by atoms with Gasteiger partial charge < -0.3 is 10.6 Å². The van der Waals surface area contributed by atoms with Crippen molar-refractivity contribution in [3.8, 4) is 11.3 Å². The van der Waals surface area contributed by atoms with Crippen LogP contribution in [0.25, 0.3) is 16.9 Å². The van der Waals surface area contributed by atoms with Crippen LogP contribution < -0.4 is 10.6 Å². The minimum Gasteiger partial charge on any atom is -0.369 e. The van der Waals surface area contributed by atoms with Gasteiger partial charge in [-0.25, -0.2) is 9.37 Å². The highest BCUT2D eigenvalue weighted by molar-refractivity contribution is 5.78. The van der Waals surface area contributed by atoms with Crippen LogP contribution in [0.1, 0.15) is 6.42 Å². The minimum absolute atomic E-state index is 0.0553.